The summed E-state index contributed by atoms with van der Waals surface area (Å²) in [5.74, 6) is -0.386. The van der Waals surface area contributed by atoms with Crippen molar-refractivity contribution in [1.29, 1.82) is 0 Å². The molecule has 1 unspecified atom stereocenters. The minimum atomic E-state index is -4.44. The van der Waals surface area contributed by atoms with Gasteiger partial charge in [-0.2, -0.15) is 13.2 Å². The Morgan fingerprint density at radius 1 is 1.48 bits per heavy atom. The maximum atomic E-state index is 12.6. The molecule has 4 nitrogen and oxygen atoms in total. The summed E-state index contributed by atoms with van der Waals surface area (Å²) < 4.78 is 37.8. The van der Waals surface area contributed by atoms with E-state index in [1.807, 2.05) is 0 Å². The van der Waals surface area contributed by atoms with Gasteiger partial charge in [-0.15, -0.1) is 0 Å². The van der Waals surface area contributed by atoms with E-state index in [4.69, 9.17) is 0 Å². The topological polar surface area (TPSA) is 52.6 Å². The zero-order valence-electron chi connectivity index (χ0n) is 11.5. The van der Waals surface area contributed by atoms with Crippen LogP contribution in [-0.4, -0.2) is 41.1 Å². The zero-order valence-corrected chi connectivity index (χ0v) is 11.5. The largest absolute Gasteiger partial charge is 0.416 e. The molecule has 1 aromatic rings. The number of anilines is 1. The average Bonchev–Trinajstić information content (AvgIpc) is 2.84. The second-order valence-electron chi connectivity index (χ2n) is 5.18. The number of β-amino-alcohol motifs (C(OH)–C–C–N with tert-alkyl or cyclic N) is 1. The van der Waals surface area contributed by atoms with Crippen LogP contribution < -0.4 is 5.32 Å². The molecule has 0 spiro atoms. The zero-order chi connectivity index (χ0) is 15.6. The van der Waals surface area contributed by atoms with Crippen molar-refractivity contribution in [3.05, 3.63) is 29.8 Å². The third-order valence-corrected chi connectivity index (χ3v) is 3.58. The number of hydrogen-bond donors (Lipinski definition) is 2. The van der Waals surface area contributed by atoms with Gasteiger partial charge >= 0.3 is 6.18 Å². The van der Waals surface area contributed by atoms with E-state index in [0.717, 1.165) is 12.1 Å². The van der Waals surface area contributed by atoms with Crippen molar-refractivity contribution >= 4 is 11.6 Å². The number of carbonyl (C=O) groups excluding carboxylic acids is 1. The van der Waals surface area contributed by atoms with Gasteiger partial charge in [0.25, 0.3) is 0 Å². The van der Waals surface area contributed by atoms with Gasteiger partial charge in [0.1, 0.15) is 0 Å². The van der Waals surface area contributed by atoms with E-state index in [2.05, 4.69) is 5.32 Å². The van der Waals surface area contributed by atoms with Gasteiger partial charge in [-0.1, -0.05) is 6.07 Å². The number of aliphatic hydroxyl groups is 1. The highest BCUT2D eigenvalue weighted by Gasteiger charge is 2.31. The Kier molecular flexibility index (Phi) is 4.53. The quantitative estimate of drug-likeness (QED) is 0.899. The molecule has 2 N–H and O–H groups in total. The fourth-order valence-corrected chi connectivity index (χ4v) is 2.31. The molecule has 2 rings (SSSR count). The van der Waals surface area contributed by atoms with Crippen LogP contribution in [0.15, 0.2) is 24.3 Å². The lowest BCUT2D eigenvalue weighted by Gasteiger charge is -2.23. The van der Waals surface area contributed by atoms with Crippen molar-refractivity contribution in [2.45, 2.75) is 31.7 Å². The van der Waals surface area contributed by atoms with Crippen LogP contribution in [-0.2, 0) is 11.0 Å². The molecule has 7 heteroatoms. The third kappa shape index (κ3) is 3.95. The van der Waals surface area contributed by atoms with Crippen molar-refractivity contribution < 1.29 is 23.1 Å². The number of aliphatic hydroxyl groups excluding tert-OH is 1. The average molecular weight is 302 g/mol. The molecule has 0 bridgehead atoms. The lowest BCUT2D eigenvalue weighted by Crippen LogP contribution is -2.41. The van der Waals surface area contributed by atoms with Gasteiger partial charge in [-0.05, 0) is 31.5 Å². The van der Waals surface area contributed by atoms with Crippen molar-refractivity contribution in [2.24, 2.45) is 0 Å². The van der Waals surface area contributed by atoms with E-state index >= 15 is 0 Å². The summed E-state index contributed by atoms with van der Waals surface area (Å²) in [6.07, 6.45) is -4.29. The Hall–Kier alpha value is -1.60. The molecule has 116 valence electrons. The number of nitrogens with one attached hydrogen (secondary N) is 1. The van der Waals surface area contributed by atoms with E-state index in [-0.39, 0.29) is 11.6 Å². The summed E-state index contributed by atoms with van der Waals surface area (Å²) in [5, 5.41) is 11.9. The first-order chi connectivity index (χ1) is 9.77. The molecule has 1 saturated heterocycles. The van der Waals surface area contributed by atoms with Crippen LogP contribution in [0.2, 0.25) is 0 Å². The number of carbonyl (C=O) groups is 1. The molecular weight excluding hydrogens is 285 g/mol. The Morgan fingerprint density at radius 3 is 2.76 bits per heavy atom. The summed E-state index contributed by atoms with van der Waals surface area (Å²) in [6.45, 7) is 2.66. The van der Waals surface area contributed by atoms with Gasteiger partial charge < -0.3 is 10.4 Å². The lowest BCUT2D eigenvalue weighted by atomic mass is 10.2. The molecular formula is C14H17F3N2O2. The van der Waals surface area contributed by atoms with Crippen LogP contribution in [0.4, 0.5) is 18.9 Å². The number of nitrogens with zero attached hydrogens (tertiary/aromatic N) is 1. The summed E-state index contributed by atoms with van der Waals surface area (Å²) in [7, 11) is 0. The van der Waals surface area contributed by atoms with Crippen LogP contribution in [0.3, 0.4) is 0 Å². The molecule has 0 aromatic heterocycles. The Balaban J connectivity index is 2.02. The predicted octanol–water partition coefficient (Wildman–Crippen LogP) is 2.10. The van der Waals surface area contributed by atoms with Crippen molar-refractivity contribution in [2.75, 3.05) is 18.4 Å². The number of benzene rings is 1. The van der Waals surface area contributed by atoms with E-state index in [9.17, 15) is 23.1 Å². The smallest absolute Gasteiger partial charge is 0.392 e. The number of rotatable bonds is 3. The summed E-state index contributed by atoms with van der Waals surface area (Å²) in [6, 6.07) is 4.03. The van der Waals surface area contributed by atoms with Gasteiger partial charge in [0.05, 0.1) is 17.7 Å². The maximum absolute atomic E-state index is 12.6. The summed E-state index contributed by atoms with van der Waals surface area (Å²) in [5.41, 5.74) is -0.689. The maximum Gasteiger partial charge on any atom is 0.416 e. The molecule has 21 heavy (non-hydrogen) atoms. The molecule has 1 aliphatic rings. The first-order valence-corrected chi connectivity index (χ1v) is 6.67. The first kappa shape index (κ1) is 15.8. The SMILES string of the molecule is CC(C(=O)Nc1cccc(C(F)(F)F)c1)N1CC[C@H](O)C1. The van der Waals surface area contributed by atoms with Crippen molar-refractivity contribution in [3.63, 3.8) is 0 Å². The predicted molar refractivity (Wildman–Crippen MR) is 71.7 cm³/mol. The molecule has 1 heterocycles. The molecule has 1 fully saturated rings. The molecule has 0 saturated carbocycles. The fraction of sp³-hybridized carbons (Fsp3) is 0.500. The van der Waals surface area contributed by atoms with Gasteiger partial charge in [-0.25, -0.2) is 0 Å². The number of alkyl halides is 3. The van der Waals surface area contributed by atoms with Crippen LogP contribution in [0.5, 0.6) is 0 Å². The van der Waals surface area contributed by atoms with Crippen LogP contribution in [0, 0.1) is 0 Å². The lowest BCUT2D eigenvalue weighted by molar-refractivity contribution is -0.137. The van der Waals surface area contributed by atoms with E-state index in [1.54, 1.807) is 11.8 Å². The van der Waals surface area contributed by atoms with Crippen molar-refractivity contribution in [3.8, 4) is 0 Å². The monoisotopic (exact) mass is 302 g/mol. The number of halogens is 3. The van der Waals surface area contributed by atoms with Crippen molar-refractivity contribution in [1.82, 2.24) is 4.90 Å². The van der Waals surface area contributed by atoms with E-state index in [1.165, 1.54) is 12.1 Å². The third-order valence-electron chi connectivity index (χ3n) is 3.58. The number of amides is 1. The Morgan fingerprint density at radius 2 is 2.19 bits per heavy atom. The molecule has 0 aliphatic carbocycles. The highest BCUT2D eigenvalue weighted by atomic mass is 19.4. The molecule has 2 atom stereocenters. The van der Waals surface area contributed by atoms with Gasteiger partial charge in [0.15, 0.2) is 0 Å². The molecule has 1 aromatic carbocycles. The van der Waals surface area contributed by atoms with Gasteiger partial charge in [0.2, 0.25) is 5.91 Å². The van der Waals surface area contributed by atoms with E-state index in [0.29, 0.717) is 19.5 Å². The number of hydrogen-bond acceptors (Lipinski definition) is 3. The minimum absolute atomic E-state index is 0.112. The molecule has 1 amide bonds. The normalized spacial score (nSPS) is 21.3. The molecule has 1 aliphatic heterocycles. The van der Waals surface area contributed by atoms with Gasteiger partial charge in [0, 0.05) is 18.8 Å². The minimum Gasteiger partial charge on any atom is -0.392 e. The highest BCUT2D eigenvalue weighted by Crippen LogP contribution is 2.30. The Labute approximate surface area is 120 Å². The van der Waals surface area contributed by atoms with Crippen LogP contribution in [0.25, 0.3) is 0 Å². The van der Waals surface area contributed by atoms with Crippen LogP contribution >= 0.6 is 0 Å². The van der Waals surface area contributed by atoms with Gasteiger partial charge in [-0.3, -0.25) is 9.69 Å². The summed E-state index contributed by atoms with van der Waals surface area (Å²) >= 11 is 0. The summed E-state index contributed by atoms with van der Waals surface area (Å²) in [4.78, 5) is 13.9. The molecule has 0 radical (unpaired) electrons. The fourth-order valence-electron chi connectivity index (χ4n) is 2.31. The Bertz CT molecular complexity index is 519. The van der Waals surface area contributed by atoms with Crippen LogP contribution in [0.1, 0.15) is 18.9 Å². The first-order valence-electron chi connectivity index (χ1n) is 6.67. The van der Waals surface area contributed by atoms with E-state index < -0.39 is 23.9 Å². The second kappa shape index (κ2) is 6.03. The highest BCUT2D eigenvalue weighted by molar-refractivity contribution is 5.94. The standard InChI is InChI=1S/C14H17F3N2O2/c1-9(19-6-5-12(20)8-19)13(21)18-11-4-2-3-10(7-11)14(15,16)17/h2-4,7,9,12,20H,5-6,8H2,1H3,(H,18,21)/t9?,12-/m0/s1. The second-order valence-corrected chi connectivity index (χ2v) is 5.18. The number of likely N-dealkylation sites (tertiary alicyclic amines) is 1.